The Hall–Kier alpha value is -0.650. The van der Waals surface area contributed by atoms with Crippen molar-refractivity contribution in [2.45, 2.75) is 45.3 Å². The first-order valence-corrected chi connectivity index (χ1v) is 6.65. The predicted molar refractivity (Wildman–Crippen MR) is 72.8 cm³/mol. The molecule has 18 heavy (non-hydrogen) atoms. The highest BCUT2D eigenvalue weighted by atomic mass is 16.4. The van der Waals surface area contributed by atoms with Gasteiger partial charge in [0.25, 0.3) is 0 Å². The van der Waals surface area contributed by atoms with Gasteiger partial charge in [0.05, 0.1) is 0 Å². The Balaban J connectivity index is 2.57. The van der Waals surface area contributed by atoms with Crippen LogP contribution in [0.2, 0.25) is 0 Å². The fraction of sp³-hybridized carbons (Fsp3) is 0.923. The van der Waals surface area contributed by atoms with Gasteiger partial charge in [-0.15, -0.1) is 0 Å². The van der Waals surface area contributed by atoms with Crippen molar-refractivity contribution in [3.63, 3.8) is 0 Å². The number of hydrogen-bond donors (Lipinski definition) is 2. The molecule has 0 radical (unpaired) electrons. The summed E-state index contributed by atoms with van der Waals surface area (Å²) in [6.07, 6.45) is 0. The maximum atomic E-state index is 11.2. The number of hydrogen-bond acceptors (Lipinski definition) is 4. The number of carboxylic acids is 1. The largest absolute Gasteiger partial charge is 0.480 e. The maximum absolute atomic E-state index is 11.2. The third-order valence-electron chi connectivity index (χ3n) is 3.67. The summed E-state index contributed by atoms with van der Waals surface area (Å²) in [6, 6.07) is -0.296. The van der Waals surface area contributed by atoms with Crippen LogP contribution in [0.1, 0.15) is 27.7 Å². The first-order chi connectivity index (χ1) is 8.22. The highest BCUT2D eigenvalue weighted by molar-refractivity contribution is 5.73. The first kappa shape index (κ1) is 15.4. The zero-order valence-corrected chi connectivity index (χ0v) is 12.2. The molecule has 0 bridgehead atoms. The number of nitrogens with zero attached hydrogens (tertiary/aromatic N) is 2. The summed E-state index contributed by atoms with van der Waals surface area (Å²) in [5.74, 6) is -0.763. The fourth-order valence-electron chi connectivity index (χ4n) is 2.36. The van der Waals surface area contributed by atoms with Gasteiger partial charge >= 0.3 is 5.97 Å². The number of carbonyl (C=O) groups is 1. The summed E-state index contributed by atoms with van der Waals surface area (Å²) >= 11 is 0. The lowest BCUT2D eigenvalue weighted by molar-refractivity contribution is -0.140. The average Bonchev–Trinajstić information content (AvgIpc) is 2.21. The summed E-state index contributed by atoms with van der Waals surface area (Å²) in [5, 5.41) is 12.3. The third-order valence-corrected chi connectivity index (χ3v) is 3.67. The van der Waals surface area contributed by atoms with Crippen LogP contribution >= 0.6 is 0 Å². The SMILES string of the molecule is CC(C)NC(CN1CCN(C)C(C)(C)C1)C(=O)O. The van der Waals surface area contributed by atoms with Crippen LogP contribution < -0.4 is 5.32 Å². The summed E-state index contributed by atoms with van der Waals surface area (Å²) in [7, 11) is 2.12. The van der Waals surface area contributed by atoms with E-state index in [0.717, 1.165) is 19.6 Å². The van der Waals surface area contributed by atoms with Crippen molar-refractivity contribution >= 4 is 5.97 Å². The van der Waals surface area contributed by atoms with Gasteiger partial charge in [-0.05, 0) is 20.9 Å². The molecule has 0 aliphatic carbocycles. The highest BCUT2D eigenvalue weighted by Crippen LogP contribution is 2.18. The predicted octanol–water partition coefficient (Wildman–Crippen LogP) is 0.464. The van der Waals surface area contributed by atoms with Crippen LogP contribution in [0.15, 0.2) is 0 Å². The Labute approximate surface area is 110 Å². The van der Waals surface area contributed by atoms with Gasteiger partial charge in [-0.2, -0.15) is 0 Å². The molecule has 0 amide bonds. The van der Waals surface area contributed by atoms with Crippen molar-refractivity contribution in [3.8, 4) is 0 Å². The van der Waals surface area contributed by atoms with Crippen LogP contribution in [0.25, 0.3) is 0 Å². The molecule has 1 atom stereocenters. The summed E-state index contributed by atoms with van der Waals surface area (Å²) in [5.41, 5.74) is 0.110. The molecule has 0 aromatic rings. The van der Waals surface area contributed by atoms with Crippen LogP contribution in [0.4, 0.5) is 0 Å². The van der Waals surface area contributed by atoms with E-state index >= 15 is 0 Å². The van der Waals surface area contributed by atoms with E-state index in [-0.39, 0.29) is 11.6 Å². The Morgan fingerprint density at radius 2 is 2.00 bits per heavy atom. The van der Waals surface area contributed by atoms with E-state index in [1.54, 1.807) is 0 Å². The van der Waals surface area contributed by atoms with E-state index in [1.165, 1.54) is 0 Å². The molecule has 0 aromatic heterocycles. The van der Waals surface area contributed by atoms with Crippen LogP contribution in [0.3, 0.4) is 0 Å². The maximum Gasteiger partial charge on any atom is 0.322 e. The molecular formula is C13H27N3O2. The normalized spacial score (nSPS) is 23.2. The Bertz CT molecular complexity index is 292. The highest BCUT2D eigenvalue weighted by Gasteiger charge is 2.33. The van der Waals surface area contributed by atoms with Crippen LogP contribution in [-0.4, -0.2) is 71.7 Å². The number of aliphatic carboxylic acids is 1. The molecule has 106 valence electrons. The van der Waals surface area contributed by atoms with Crippen molar-refractivity contribution in [2.24, 2.45) is 0 Å². The third kappa shape index (κ3) is 4.23. The van der Waals surface area contributed by atoms with E-state index in [9.17, 15) is 9.90 Å². The van der Waals surface area contributed by atoms with Gasteiger partial charge in [-0.1, -0.05) is 13.8 Å². The van der Waals surface area contributed by atoms with Crippen molar-refractivity contribution in [3.05, 3.63) is 0 Å². The number of likely N-dealkylation sites (N-methyl/N-ethyl adjacent to an activating group) is 1. The smallest absolute Gasteiger partial charge is 0.322 e. The van der Waals surface area contributed by atoms with E-state index in [0.29, 0.717) is 6.54 Å². The molecule has 0 saturated carbocycles. The van der Waals surface area contributed by atoms with Crippen molar-refractivity contribution in [1.29, 1.82) is 0 Å². The van der Waals surface area contributed by atoms with Crippen molar-refractivity contribution in [1.82, 2.24) is 15.1 Å². The number of piperazine rings is 1. The van der Waals surface area contributed by atoms with E-state index in [4.69, 9.17) is 0 Å². The summed E-state index contributed by atoms with van der Waals surface area (Å²) in [6.45, 7) is 11.8. The van der Waals surface area contributed by atoms with Gasteiger partial charge in [0.15, 0.2) is 0 Å². The second kappa shape index (κ2) is 5.99. The van der Waals surface area contributed by atoms with Gasteiger partial charge in [0.1, 0.15) is 6.04 Å². The number of nitrogens with one attached hydrogen (secondary N) is 1. The minimum absolute atomic E-state index is 0.110. The molecule has 1 fully saturated rings. The van der Waals surface area contributed by atoms with Crippen LogP contribution in [0, 0.1) is 0 Å². The Kier molecular flexibility index (Phi) is 5.13. The molecule has 1 aliphatic rings. The molecule has 1 unspecified atom stereocenters. The minimum atomic E-state index is -0.763. The molecule has 1 heterocycles. The quantitative estimate of drug-likeness (QED) is 0.749. The van der Waals surface area contributed by atoms with Gasteiger partial charge in [0.2, 0.25) is 0 Å². The molecule has 1 rings (SSSR count). The average molecular weight is 257 g/mol. The first-order valence-electron chi connectivity index (χ1n) is 6.65. The molecule has 5 nitrogen and oxygen atoms in total. The second-order valence-electron chi connectivity index (χ2n) is 6.18. The minimum Gasteiger partial charge on any atom is -0.480 e. The Morgan fingerprint density at radius 3 is 2.44 bits per heavy atom. The summed E-state index contributed by atoms with van der Waals surface area (Å²) in [4.78, 5) is 15.8. The topological polar surface area (TPSA) is 55.8 Å². The lowest BCUT2D eigenvalue weighted by atomic mass is 9.99. The Morgan fingerprint density at radius 1 is 1.39 bits per heavy atom. The number of carboxylic acid groups (broad SMARTS) is 1. The molecule has 0 spiro atoms. The zero-order valence-electron chi connectivity index (χ0n) is 12.2. The molecule has 0 aromatic carbocycles. The van der Waals surface area contributed by atoms with E-state index in [2.05, 4.69) is 36.0 Å². The standard InChI is InChI=1S/C13H27N3O2/c1-10(2)14-11(12(17)18)8-16-7-6-15(5)13(3,4)9-16/h10-11,14H,6-9H2,1-5H3,(H,17,18). The molecular weight excluding hydrogens is 230 g/mol. The van der Waals surface area contributed by atoms with Crippen molar-refractivity contribution < 1.29 is 9.90 Å². The molecule has 1 saturated heterocycles. The molecule has 5 heteroatoms. The van der Waals surface area contributed by atoms with E-state index < -0.39 is 12.0 Å². The van der Waals surface area contributed by atoms with Crippen LogP contribution in [0.5, 0.6) is 0 Å². The van der Waals surface area contributed by atoms with Crippen LogP contribution in [-0.2, 0) is 4.79 Å². The zero-order chi connectivity index (χ0) is 13.9. The molecule has 1 aliphatic heterocycles. The monoisotopic (exact) mass is 257 g/mol. The fourth-order valence-corrected chi connectivity index (χ4v) is 2.36. The lowest BCUT2D eigenvalue weighted by Gasteiger charge is -2.46. The number of rotatable bonds is 5. The van der Waals surface area contributed by atoms with Gasteiger partial charge in [0, 0.05) is 37.8 Å². The van der Waals surface area contributed by atoms with Crippen molar-refractivity contribution in [2.75, 3.05) is 33.2 Å². The van der Waals surface area contributed by atoms with Gasteiger partial charge in [-0.3, -0.25) is 14.6 Å². The van der Waals surface area contributed by atoms with Gasteiger partial charge in [-0.25, -0.2) is 0 Å². The molecule has 2 N–H and O–H groups in total. The van der Waals surface area contributed by atoms with Gasteiger partial charge < -0.3 is 10.4 Å². The second-order valence-corrected chi connectivity index (χ2v) is 6.18. The summed E-state index contributed by atoms with van der Waals surface area (Å²) < 4.78 is 0. The van der Waals surface area contributed by atoms with E-state index in [1.807, 2.05) is 13.8 Å². The lowest BCUT2D eigenvalue weighted by Crippen LogP contribution is -2.60.